The SMILES string of the molecule is NC1(c2cnc(CF)s2)CC1. The number of halogens is 1. The Morgan fingerprint density at radius 1 is 1.73 bits per heavy atom. The van der Waals surface area contributed by atoms with Crippen molar-refractivity contribution in [2.75, 3.05) is 0 Å². The molecule has 4 heteroatoms. The minimum atomic E-state index is -0.471. The first-order valence-electron chi connectivity index (χ1n) is 3.55. The monoisotopic (exact) mass is 172 g/mol. The second-order valence-electron chi connectivity index (χ2n) is 2.91. The zero-order chi connectivity index (χ0) is 7.90. The van der Waals surface area contributed by atoms with E-state index in [-0.39, 0.29) is 5.54 Å². The molecule has 0 aromatic carbocycles. The number of nitrogens with two attached hydrogens (primary N) is 1. The summed E-state index contributed by atoms with van der Waals surface area (Å²) in [6.45, 7) is -0.471. The van der Waals surface area contributed by atoms with Gasteiger partial charge in [-0.3, -0.25) is 0 Å². The maximum absolute atomic E-state index is 12.1. The molecule has 0 spiro atoms. The maximum atomic E-state index is 12.1. The molecule has 60 valence electrons. The Morgan fingerprint density at radius 2 is 2.45 bits per heavy atom. The van der Waals surface area contributed by atoms with E-state index >= 15 is 0 Å². The molecule has 1 fully saturated rings. The maximum Gasteiger partial charge on any atom is 0.141 e. The Kier molecular flexibility index (Phi) is 1.47. The lowest BCUT2D eigenvalue weighted by atomic mass is 10.3. The first-order valence-corrected chi connectivity index (χ1v) is 4.36. The van der Waals surface area contributed by atoms with Crippen LogP contribution in [0.15, 0.2) is 6.20 Å². The van der Waals surface area contributed by atoms with Gasteiger partial charge in [0.1, 0.15) is 11.7 Å². The molecule has 11 heavy (non-hydrogen) atoms. The van der Waals surface area contributed by atoms with Gasteiger partial charge < -0.3 is 5.73 Å². The third kappa shape index (κ3) is 1.16. The van der Waals surface area contributed by atoms with Crippen LogP contribution in [0.2, 0.25) is 0 Å². The van der Waals surface area contributed by atoms with Crippen LogP contribution >= 0.6 is 11.3 Å². The zero-order valence-electron chi connectivity index (χ0n) is 6.01. The van der Waals surface area contributed by atoms with Gasteiger partial charge in [0.05, 0.1) is 5.54 Å². The number of alkyl halides is 1. The zero-order valence-corrected chi connectivity index (χ0v) is 6.83. The molecule has 1 aliphatic rings. The van der Waals surface area contributed by atoms with Crippen LogP contribution in [0.25, 0.3) is 0 Å². The quantitative estimate of drug-likeness (QED) is 0.735. The van der Waals surface area contributed by atoms with Gasteiger partial charge >= 0.3 is 0 Å². The number of hydrogen-bond acceptors (Lipinski definition) is 3. The van der Waals surface area contributed by atoms with Gasteiger partial charge in [0.25, 0.3) is 0 Å². The fourth-order valence-corrected chi connectivity index (χ4v) is 1.91. The van der Waals surface area contributed by atoms with E-state index in [1.807, 2.05) is 0 Å². The van der Waals surface area contributed by atoms with E-state index in [2.05, 4.69) is 4.98 Å². The molecule has 1 heterocycles. The Hall–Kier alpha value is -0.480. The largest absolute Gasteiger partial charge is 0.321 e. The minimum absolute atomic E-state index is 0.148. The number of thiazole rings is 1. The smallest absolute Gasteiger partial charge is 0.141 e. The van der Waals surface area contributed by atoms with Gasteiger partial charge in [0, 0.05) is 11.1 Å². The molecule has 0 unspecified atom stereocenters. The fourth-order valence-electron chi connectivity index (χ4n) is 0.983. The highest BCUT2D eigenvalue weighted by molar-refractivity contribution is 7.11. The molecule has 0 saturated heterocycles. The molecule has 2 nitrogen and oxygen atoms in total. The summed E-state index contributed by atoms with van der Waals surface area (Å²) in [4.78, 5) is 4.94. The summed E-state index contributed by atoms with van der Waals surface area (Å²) in [5, 5.41) is 0.539. The van der Waals surface area contributed by atoms with Crippen LogP contribution < -0.4 is 5.73 Å². The normalized spacial score (nSPS) is 20.2. The van der Waals surface area contributed by atoms with E-state index < -0.39 is 6.67 Å². The summed E-state index contributed by atoms with van der Waals surface area (Å²) in [5.41, 5.74) is 5.74. The lowest BCUT2D eigenvalue weighted by Gasteiger charge is -2.01. The average molecular weight is 172 g/mol. The second-order valence-corrected chi connectivity index (χ2v) is 4.02. The third-order valence-corrected chi connectivity index (χ3v) is 3.13. The molecule has 2 rings (SSSR count). The lowest BCUT2D eigenvalue weighted by Crippen LogP contribution is -2.16. The molecule has 2 N–H and O–H groups in total. The highest BCUT2D eigenvalue weighted by atomic mass is 32.1. The Labute approximate surface area is 68.3 Å². The summed E-state index contributed by atoms with van der Waals surface area (Å²) >= 11 is 1.39. The molecular formula is C7H9FN2S. The van der Waals surface area contributed by atoms with Crippen LogP contribution in [-0.2, 0) is 12.2 Å². The van der Waals surface area contributed by atoms with Gasteiger partial charge in [-0.05, 0) is 12.8 Å². The molecule has 1 aromatic rings. The van der Waals surface area contributed by atoms with Crippen LogP contribution in [0.4, 0.5) is 4.39 Å². The molecule has 0 amide bonds. The summed E-state index contributed by atoms with van der Waals surface area (Å²) in [7, 11) is 0. The minimum Gasteiger partial charge on any atom is -0.321 e. The lowest BCUT2D eigenvalue weighted by molar-refractivity contribution is 0.483. The van der Waals surface area contributed by atoms with E-state index in [1.54, 1.807) is 6.20 Å². The van der Waals surface area contributed by atoms with Crippen molar-refractivity contribution in [1.82, 2.24) is 4.98 Å². The summed E-state index contributed by atoms with van der Waals surface area (Å²) < 4.78 is 12.1. The van der Waals surface area contributed by atoms with Crippen molar-refractivity contribution in [2.24, 2.45) is 5.73 Å². The van der Waals surface area contributed by atoms with Crippen LogP contribution in [0.1, 0.15) is 22.7 Å². The van der Waals surface area contributed by atoms with Crippen LogP contribution in [0.3, 0.4) is 0 Å². The summed E-state index contributed by atoms with van der Waals surface area (Å²) in [5.74, 6) is 0. The topological polar surface area (TPSA) is 38.9 Å². The van der Waals surface area contributed by atoms with Crippen molar-refractivity contribution in [2.45, 2.75) is 25.1 Å². The molecule has 0 atom stereocenters. The molecule has 0 bridgehead atoms. The second kappa shape index (κ2) is 2.25. The highest BCUT2D eigenvalue weighted by Crippen LogP contribution is 2.44. The predicted octanol–water partition coefficient (Wildman–Crippen LogP) is 1.56. The average Bonchev–Trinajstić information content (AvgIpc) is 2.61. The van der Waals surface area contributed by atoms with Crippen molar-refractivity contribution in [3.05, 3.63) is 16.1 Å². The van der Waals surface area contributed by atoms with E-state index in [9.17, 15) is 4.39 Å². The molecular weight excluding hydrogens is 163 g/mol. The Bertz CT molecular complexity index is 267. The molecule has 1 saturated carbocycles. The molecule has 0 aliphatic heterocycles. The Balaban J connectivity index is 2.25. The van der Waals surface area contributed by atoms with Gasteiger partial charge in [-0.25, -0.2) is 9.37 Å². The van der Waals surface area contributed by atoms with Crippen LogP contribution in [-0.4, -0.2) is 4.98 Å². The van der Waals surface area contributed by atoms with Crippen molar-refractivity contribution >= 4 is 11.3 Å². The number of rotatable bonds is 2. The van der Waals surface area contributed by atoms with Gasteiger partial charge in [-0.15, -0.1) is 11.3 Å². The van der Waals surface area contributed by atoms with Crippen molar-refractivity contribution < 1.29 is 4.39 Å². The van der Waals surface area contributed by atoms with E-state index in [1.165, 1.54) is 11.3 Å². The van der Waals surface area contributed by atoms with Crippen LogP contribution in [0.5, 0.6) is 0 Å². The van der Waals surface area contributed by atoms with E-state index in [0.717, 1.165) is 17.7 Å². The molecule has 1 aliphatic carbocycles. The third-order valence-electron chi connectivity index (χ3n) is 1.95. The summed E-state index contributed by atoms with van der Waals surface area (Å²) in [6, 6.07) is 0. The summed E-state index contributed by atoms with van der Waals surface area (Å²) in [6.07, 6.45) is 3.73. The van der Waals surface area contributed by atoms with Gasteiger partial charge in [-0.1, -0.05) is 0 Å². The number of hydrogen-bond donors (Lipinski definition) is 1. The van der Waals surface area contributed by atoms with Crippen molar-refractivity contribution in [1.29, 1.82) is 0 Å². The first-order chi connectivity index (χ1) is 5.24. The predicted molar refractivity (Wildman–Crippen MR) is 42.0 cm³/mol. The molecule has 0 radical (unpaired) electrons. The van der Waals surface area contributed by atoms with Gasteiger partial charge in [-0.2, -0.15) is 0 Å². The van der Waals surface area contributed by atoms with Gasteiger partial charge in [0.15, 0.2) is 0 Å². The standard InChI is InChI=1S/C7H9FN2S/c8-3-6-10-4-5(11-6)7(9)1-2-7/h4H,1-3,9H2. The van der Waals surface area contributed by atoms with Crippen LogP contribution in [0, 0.1) is 0 Å². The van der Waals surface area contributed by atoms with E-state index in [0.29, 0.717) is 5.01 Å². The van der Waals surface area contributed by atoms with Crippen molar-refractivity contribution in [3.8, 4) is 0 Å². The molecule has 1 aromatic heterocycles. The number of aromatic nitrogens is 1. The fraction of sp³-hybridized carbons (Fsp3) is 0.571. The van der Waals surface area contributed by atoms with Gasteiger partial charge in [0.2, 0.25) is 0 Å². The highest BCUT2D eigenvalue weighted by Gasteiger charge is 2.41. The first kappa shape index (κ1) is 7.18. The van der Waals surface area contributed by atoms with Crippen molar-refractivity contribution in [3.63, 3.8) is 0 Å². The number of nitrogens with zero attached hydrogens (tertiary/aromatic N) is 1. The van der Waals surface area contributed by atoms with E-state index in [4.69, 9.17) is 5.73 Å². The Morgan fingerprint density at radius 3 is 2.91 bits per heavy atom.